The Hall–Kier alpha value is -3.96. The maximum absolute atomic E-state index is 12.0. The molecule has 7 nitrogen and oxygen atoms in total. The number of carbonyl (C=O) groups is 2. The van der Waals surface area contributed by atoms with Gasteiger partial charge in [-0.25, -0.2) is 4.79 Å². The number of aliphatic imine (C=N–C) groups is 1. The van der Waals surface area contributed by atoms with Crippen molar-refractivity contribution in [3.63, 3.8) is 0 Å². The second-order valence-corrected chi connectivity index (χ2v) is 8.30. The molecule has 2 N–H and O–H groups in total. The minimum absolute atomic E-state index is 0.136. The molecule has 0 spiro atoms. The number of hydrogen-bond acceptors (Lipinski definition) is 7. The molecule has 1 heterocycles. The molecule has 1 unspecified atom stereocenters. The molecule has 176 valence electrons. The van der Waals surface area contributed by atoms with Crippen molar-refractivity contribution >= 4 is 35.4 Å². The lowest BCUT2D eigenvalue weighted by Crippen LogP contribution is -2.31. The molecule has 1 aromatic heterocycles. The van der Waals surface area contributed by atoms with Crippen LogP contribution in [0.3, 0.4) is 0 Å². The summed E-state index contributed by atoms with van der Waals surface area (Å²) in [5, 5.41) is 16.1. The van der Waals surface area contributed by atoms with E-state index in [0.717, 1.165) is 45.0 Å². The van der Waals surface area contributed by atoms with Gasteiger partial charge in [-0.05, 0) is 42.3 Å². The first-order valence-corrected chi connectivity index (χ1v) is 11.5. The van der Waals surface area contributed by atoms with Crippen LogP contribution >= 0.6 is 11.3 Å². The van der Waals surface area contributed by atoms with Gasteiger partial charge in [0, 0.05) is 31.1 Å². The number of allylic oxidation sites excluding steroid dienone is 4. The van der Waals surface area contributed by atoms with Gasteiger partial charge in [0.1, 0.15) is 23.5 Å². The van der Waals surface area contributed by atoms with Crippen molar-refractivity contribution in [2.75, 3.05) is 12.4 Å². The molecule has 8 heteroatoms. The van der Waals surface area contributed by atoms with Crippen LogP contribution in [0.2, 0.25) is 0 Å². The number of fused-ring (bicyclic) bond motifs is 1. The summed E-state index contributed by atoms with van der Waals surface area (Å²) in [4.78, 5) is 26.5. The van der Waals surface area contributed by atoms with Crippen LogP contribution in [0.1, 0.15) is 28.0 Å². The molecule has 0 aliphatic heterocycles. The lowest BCUT2D eigenvalue weighted by atomic mass is 9.94. The maximum Gasteiger partial charge on any atom is 0.407 e. The van der Waals surface area contributed by atoms with E-state index in [0.29, 0.717) is 19.3 Å². The van der Waals surface area contributed by atoms with Gasteiger partial charge in [-0.1, -0.05) is 49.1 Å². The fourth-order valence-corrected chi connectivity index (χ4v) is 4.55. The fraction of sp³-hybridized carbons (Fsp3) is 0.231. The summed E-state index contributed by atoms with van der Waals surface area (Å²) in [6.45, 7) is 7.23. The predicted octanol–water partition coefficient (Wildman–Crippen LogP) is 4.96. The van der Waals surface area contributed by atoms with Crippen LogP contribution in [0.4, 0.5) is 9.80 Å². The van der Waals surface area contributed by atoms with Gasteiger partial charge in [-0.15, -0.1) is 11.3 Å². The number of ether oxygens (including phenoxy) is 1. The van der Waals surface area contributed by atoms with E-state index in [9.17, 15) is 14.9 Å². The smallest absolute Gasteiger partial charge is 0.407 e. The molecule has 1 aliphatic carbocycles. The summed E-state index contributed by atoms with van der Waals surface area (Å²) in [6.07, 6.45) is 8.46. The summed E-state index contributed by atoms with van der Waals surface area (Å²) in [5.74, 6) is 0. The summed E-state index contributed by atoms with van der Waals surface area (Å²) in [5.41, 5.74) is 3.65. The SMILES string of the molecule is C=CC(/C=C/C=O)=C\N=C.CNc1sc2c(c1C#N)CCC(OC(=O)NCc1ccccc1)C2. The molecule has 0 fully saturated rings. The van der Waals surface area contributed by atoms with E-state index >= 15 is 0 Å². The molecular formula is C26H28N4O3S. The van der Waals surface area contributed by atoms with Gasteiger partial charge in [0.25, 0.3) is 0 Å². The Morgan fingerprint density at radius 1 is 1.38 bits per heavy atom. The average molecular weight is 477 g/mol. The van der Waals surface area contributed by atoms with Crippen molar-refractivity contribution in [2.45, 2.75) is 31.9 Å². The Morgan fingerprint density at radius 3 is 2.76 bits per heavy atom. The van der Waals surface area contributed by atoms with Crippen molar-refractivity contribution in [1.82, 2.24) is 5.32 Å². The highest BCUT2D eigenvalue weighted by molar-refractivity contribution is 7.16. The van der Waals surface area contributed by atoms with E-state index in [1.54, 1.807) is 23.5 Å². The van der Waals surface area contributed by atoms with Crippen LogP contribution in [-0.2, 0) is 28.9 Å². The summed E-state index contributed by atoms with van der Waals surface area (Å²) < 4.78 is 5.54. The normalized spacial score (nSPS) is 14.6. The Kier molecular flexibility index (Phi) is 11.0. The highest BCUT2D eigenvalue weighted by atomic mass is 32.1. The fourth-order valence-electron chi connectivity index (χ4n) is 3.33. The molecule has 0 saturated carbocycles. The van der Waals surface area contributed by atoms with E-state index in [1.165, 1.54) is 12.3 Å². The summed E-state index contributed by atoms with van der Waals surface area (Å²) >= 11 is 1.58. The number of carbonyl (C=O) groups excluding carboxylic acids is 2. The Balaban J connectivity index is 0.000000347. The van der Waals surface area contributed by atoms with Gasteiger partial charge >= 0.3 is 6.09 Å². The highest BCUT2D eigenvalue weighted by Crippen LogP contribution is 2.38. The number of thiophene rings is 1. The molecule has 1 aliphatic rings. The molecule has 0 saturated heterocycles. The van der Waals surface area contributed by atoms with Crippen LogP contribution in [0, 0.1) is 11.3 Å². The van der Waals surface area contributed by atoms with Crippen LogP contribution in [-0.4, -0.2) is 32.2 Å². The van der Waals surface area contributed by atoms with Gasteiger partial charge in [0.15, 0.2) is 0 Å². The molecule has 1 amide bonds. The minimum Gasteiger partial charge on any atom is -0.446 e. The number of anilines is 1. The van der Waals surface area contributed by atoms with Crippen LogP contribution in [0.5, 0.6) is 0 Å². The zero-order valence-electron chi connectivity index (χ0n) is 19.1. The van der Waals surface area contributed by atoms with E-state index in [2.05, 4.69) is 35.0 Å². The lowest BCUT2D eigenvalue weighted by molar-refractivity contribution is -0.104. The quantitative estimate of drug-likeness (QED) is 0.243. The van der Waals surface area contributed by atoms with Gasteiger partial charge in [0.05, 0.1) is 5.56 Å². The molecule has 34 heavy (non-hydrogen) atoms. The Bertz CT molecular complexity index is 1100. The minimum atomic E-state index is -0.391. The van der Waals surface area contributed by atoms with Crippen molar-refractivity contribution in [3.8, 4) is 6.07 Å². The predicted molar refractivity (Wildman–Crippen MR) is 137 cm³/mol. The van der Waals surface area contributed by atoms with Crippen LogP contribution in [0.25, 0.3) is 0 Å². The second kappa shape index (κ2) is 14.2. The first-order chi connectivity index (χ1) is 16.6. The molecule has 0 radical (unpaired) electrons. The van der Waals surface area contributed by atoms with Crippen LogP contribution < -0.4 is 10.6 Å². The highest BCUT2D eigenvalue weighted by Gasteiger charge is 2.27. The maximum atomic E-state index is 12.0. The lowest BCUT2D eigenvalue weighted by Gasteiger charge is -2.22. The first kappa shape index (κ1) is 26.3. The Morgan fingerprint density at radius 2 is 2.15 bits per heavy atom. The number of amides is 1. The molecule has 1 atom stereocenters. The second-order valence-electron chi connectivity index (χ2n) is 7.19. The van der Waals surface area contributed by atoms with Gasteiger partial charge in [0.2, 0.25) is 0 Å². The molecule has 1 aromatic carbocycles. The number of nitriles is 1. The topological polar surface area (TPSA) is 104 Å². The summed E-state index contributed by atoms with van der Waals surface area (Å²) in [6, 6.07) is 12.0. The number of nitrogens with zero attached hydrogens (tertiary/aromatic N) is 2. The third kappa shape index (κ3) is 7.87. The van der Waals surface area contributed by atoms with Crippen molar-refractivity contribution in [2.24, 2.45) is 4.99 Å². The van der Waals surface area contributed by atoms with Crippen molar-refractivity contribution in [3.05, 3.63) is 88.5 Å². The van der Waals surface area contributed by atoms with E-state index in [-0.39, 0.29) is 6.10 Å². The number of alkyl carbamates (subject to hydrolysis) is 1. The van der Waals surface area contributed by atoms with Gasteiger partial charge in [-0.2, -0.15) is 5.26 Å². The van der Waals surface area contributed by atoms with Crippen molar-refractivity contribution < 1.29 is 14.3 Å². The number of benzene rings is 1. The molecule has 0 bridgehead atoms. The van der Waals surface area contributed by atoms with Crippen molar-refractivity contribution in [1.29, 1.82) is 5.26 Å². The summed E-state index contributed by atoms with van der Waals surface area (Å²) in [7, 11) is 1.82. The van der Waals surface area contributed by atoms with Gasteiger partial charge < -0.3 is 15.4 Å². The van der Waals surface area contributed by atoms with Gasteiger partial charge in [-0.3, -0.25) is 9.79 Å². The molecular weight excluding hydrogens is 448 g/mol. The largest absolute Gasteiger partial charge is 0.446 e. The zero-order valence-corrected chi connectivity index (χ0v) is 19.9. The zero-order chi connectivity index (χ0) is 24.8. The third-order valence-electron chi connectivity index (χ3n) is 4.96. The first-order valence-electron chi connectivity index (χ1n) is 10.7. The Labute approximate surface area is 204 Å². The van der Waals surface area contributed by atoms with E-state index in [4.69, 9.17) is 4.74 Å². The van der Waals surface area contributed by atoms with E-state index < -0.39 is 6.09 Å². The number of aldehydes is 1. The van der Waals surface area contributed by atoms with Crippen LogP contribution in [0.15, 0.2) is 71.9 Å². The standard InChI is InChI=1S/C18H19N3O2S.C8H9NO/c1-20-17-15(10-19)14-8-7-13(9-16(14)24-17)23-18(22)21-11-12-5-3-2-4-6-12;1-3-8(7-9-2)5-4-6-10/h2-6,13,20H,7-9,11H2,1H3,(H,21,22);3-7H,1-2H2/b;5-4+,8-7+. The third-order valence-corrected chi connectivity index (χ3v) is 6.23. The number of nitrogens with one attached hydrogen (secondary N) is 2. The number of hydrogen-bond donors (Lipinski definition) is 2. The monoisotopic (exact) mass is 476 g/mol. The average Bonchev–Trinajstić information content (AvgIpc) is 3.23. The molecule has 2 aromatic rings. The molecule has 3 rings (SSSR count). The number of rotatable bonds is 8. The van der Waals surface area contributed by atoms with E-state index in [1.807, 2.05) is 37.4 Å².